The zero-order valence-corrected chi connectivity index (χ0v) is 38.2. The first-order valence-corrected chi connectivity index (χ1v) is 22.5. The standard InChI is InChI=1S/C26H22F3N5O.C25H22F3N7O/c1-2-32-17-23(24(31-32)18-10-12-30-13-11-18)19-4-3-5-22(16-19)34-15-14-33(25(34)35)21-8-6-20(7-9-21)26(27,28)29;1-2-33-15-20(22(32-33)21-10-11-30-23(29)31-21)16-4-3-5-19(14-16)35-13-12-34(24(35)36)18-8-6-17(7-9-18)25(26,27)28/h3-13,16-17H,2,14-15H2,1H3;3-11,14-15H,2,12-13H2,1H3,(H2,29,30,31). The summed E-state index contributed by atoms with van der Waals surface area (Å²) in [6.07, 6.45) is 0.0605. The van der Waals surface area contributed by atoms with Crippen molar-refractivity contribution in [3.05, 3.63) is 157 Å². The molecule has 0 unspecified atom stereocenters. The van der Waals surface area contributed by atoms with Crippen molar-refractivity contribution in [1.82, 2.24) is 34.5 Å². The molecule has 2 N–H and O–H groups in total. The fourth-order valence-corrected chi connectivity index (χ4v) is 8.38. The Morgan fingerprint density at radius 2 is 0.958 bits per heavy atom. The molecule has 2 aliphatic heterocycles. The van der Waals surface area contributed by atoms with E-state index >= 15 is 0 Å². The minimum atomic E-state index is -4.43. The van der Waals surface area contributed by atoms with Gasteiger partial charge < -0.3 is 5.73 Å². The van der Waals surface area contributed by atoms with Gasteiger partial charge in [0.2, 0.25) is 5.95 Å². The Hall–Kier alpha value is -8.55. The first-order chi connectivity index (χ1) is 34.1. The number of rotatable bonds is 10. The molecule has 0 aliphatic carbocycles. The van der Waals surface area contributed by atoms with Gasteiger partial charge in [-0.25, -0.2) is 19.6 Å². The summed E-state index contributed by atoms with van der Waals surface area (Å²) in [5, 5.41) is 9.35. The summed E-state index contributed by atoms with van der Waals surface area (Å²) >= 11 is 0. The maximum Gasteiger partial charge on any atom is 0.416 e. The van der Waals surface area contributed by atoms with Crippen LogP contribution in [0.25, 0.3) is 44.9 Å². The van der Waals surface area contributed by atoms with Crippen molar-refractivity contribution in [2.45, 2.75) is 39.3 Å². The topological polar surface area (TPSA) is 147 Å². The van der Waals surface area contributed by atoms with Crippen LogP contribution in [0.3, 0.4) is 0 Å². The Balaban J connectivity index is 0.000000176. The van der Waals surface area contributed by atoms with Crippen LogP contribution in [0.1, 0.15) is 25.0 Å². The number of pyridine rings is 1. The maximum absolute atomic E-state index is 13.2. The van der Waals surface area contributed by atoms with Crippen LogP contribution in [0.15, 0.2) is 146 Å². The number of alkyl halides is 6. The lowest BCUT2D eigenvalue weighted by molar-refractivity contribution is -0.138. The molecular weight excluding hydrogens is 927 g/mol. The molecule has 4 aromatic heterocycles. The second kappa shape index (κ2) is 19.4. The van der Waals surface area contributed by atoms with Gasteiger partial charge in [-0.05, 0) is 116 Å². The summed E-state index contributed by atoms with van der Waals surface area (Å²) in [7, 11) is 0. The number of aromatic nitrogens is 7. The number of benzene rings is 4. The van der Waals surface area contributed by atoms with Crippen molar-refractivity contribution < 1.29 is 35.9 Å². The van der Waals surface area contributed by atoms with E-state index in [4.69, 9.17) is 10.8 Å². The molecule has 0 radical (unpaired) electrons. The van der Waals surface area contributed by atoms with Gasteiger partial charge in [0, 0.05) is 110 Å². The Labute approximate surface area is 403 Å². The molecule has 6 heterocycles. The summed E-state index contributed by atoms with van der Waals surface area (Å²) in [6.45, 7) is 6.91. The van der Waals surface area contributed by atoms with E-state index in [-0.39, 0.29) is 18.0 Å². The minimum absolute atomic E-state index is 0.143. The zero-order valence-electron chi connectivity index (χ0n) is 38.2. The Bertz CT molecular complexity index is 3190. The molecule has 71 heavy (non-hydrogen) atoms. The van der Waals surface area contributed by atoms with E-state index < -0.39 is 23.5 Å². The molecule has 4 aromatic carbocycles. The van der Waals surface area contributed by atoms with Gasteiger partial charge in [0.05, 0.1) is 16.8 Å². The van der Waals surface area contributed by atoms with Gasteiger partial charge in [-0.3, -0.25) is 33.9 Å². The molecule has 14 nitrogen and oxygen atoms in total. The van der Waals surface area contributed by atoms with E-state index in [9.17, 15) is 35.9 Å². The minimum Gasteiger partial charge on any atom is -0.368 e. The highest BCUT2D eigenvalue weighted by molar-refractivity contribution is 6.07. The summed E-state index contributed by atoms with van der Waals surface area (Å²) in [6, 6.07) is 29.4. The largest absolute Gasteiger partial charge is 0.416 e. The lowest BCUT2D eigenvalue weighted by atomic mass is 10.0. The average Bonchev–Trinajstić information content (AvgIpc) is 4.19. The Morgan fingerprint density at radius 1 is 0.521 bits per heavy atom. The lowest BCUT2D eigenvalue weighted by Crippen LogP contribution is -2.31. The number of carbonyl (C=O) groups excluding carboxylic acids is 2. The average molecular weight is 971 g/mol. The van der Waals surface area contributed by atoms with E-state index in [1.165, 1.54) is 34.1 Å². The molecule has 2 fully saturated rings. The summed E-state index contributed by atoms with van der Waals surface area (Å²) in [5.41, 5.74) is 13.0. The van der Waals surface area contributed by atoms with Gasteiger partial charge in [0.1, 0.15) is 11.4 Å². The third-order valence-corrected chi connectivity index (χ3v) is 12.0. The van der Waals surface area contributed by atoms with Gasteiger partial charge >= 0.3 is 24.4 Å². The van der Waals surface area contributed by atoms with E-state index in [0.717, 1.165) is 57.8 Å². The van der Waals surface area contributed by atoms with Crippen molar-refractivity contribution in [2.75, 3.05) is 51.5 Å². The first-order valence-electron chi connectivity index (χ1n) is 22.5. The number of amides is 4. The summed E-state index contributed by atoms with van der Waals surface area (Å²) in [5.74, 6) is 0.143. The number of nitrogens with two attached hydrogens (primary N) is 1. The molecule has 0 spiro atoms. The molecule has 20 heteroatoms. The van der Waals surface area contributed by atoms with Crippen molar-refractivity contribution in [3.63, 3.8) is 0 Å². The van der Waals surface area contributed by atoms with Gasteiger partial charge in [0.25, 0.3) is 0 Å². The molecule has 2 saturated heterocycles. The van der Waals surface area contributed by atoms with Crippen molar-refractivity contribution in [1.29, 1.82) is 0 Å². The second-order valence-electron chi connectivity index (χ2n) is 16.4. The summed E-state index contributed by atoms with van der Waals surface area (Å²) < 4.78 is 81.1. The summed E-state index contributed by atoms with van der Waals surface area (Å²) in [4.78, 5) is 44.9. The van der Waals surface area contributed by atoms with E-state index in [0.29, 0.717) is 73.4 Å². The lowest BCUT2D eigenvalue weighted by Gasteiger charge is -2.20. The van der Waals surface area contributed by atoms with Crippen LogP contribution < -0.4 is 25.3 Å². The SMILES string of the molecule is CCn1cc(-c2cccc(N3CCN(c4ccc(C(F)(F)F)cc4)C3=O)c2)c(-c2ccnc(N)n2)n1.CCn1cc(-c2cccc(N3CCN(c4ccc(C(F)(F)F)cc4)C3=O)c2)c(-c2ccncc2)n1. The molecule has 4 amide bonds. The van der Waals surface area contributed by atoms with Crippen LogP contribution >= 0.6 is 0 Å². The number of aryl methyl sites for hydroxylation is 2. The number of nitrogen functional groups attached to an aromatic ring is 1. The number of carbonyl (C=O) groups is 2. The van der Waals surface area contributed by atoms with Crippen LogP contribution in [0.2, 0.25) is 0 Å². The highest BCUT2D eigenvalue weighted by Crippen LogP contribution is 2.38. The van der Waals surface area contributed by atoms with E-state index in [2.05, 4.69) is 20.1 Å². The van der Waals surface area contributed by atoms with Gasteiger partial charge in [-0.1, -0.05) is 24.3 Å². The third kappa shape index (κ3) is 9.99. The highest BCUT2D eigenvalue weighted by atomic mass is 19.4. The van der Waals surface area contributed by atoms with Gasteiger partial charge in [0.15, 0.2) is 0 Å². The van der Waals surface area contributed by atoms with Gasteiger partial charge in [-0.2, -0.15) is 36.5 Å². The van der Waals surface area contributed by atoms with Crippen molar-refractivity contribution in [2.24, 2.45) is 0 Å². The quantitative estimate of drug-likeness (QED) is 0.133. The fourth-order valence-electron chi connectivity index (χ4n) is 8.38. The Morgan fingerprint density at radius 3 is 1.39 bits per heavy atom. The molecule has 10 rings (SSSR count). The van der Waals surface area contributed by atoms with Crippen LogP contribution in [-0.2, 0) is 25.4 Å². The van der Waals surface area contributed by atoms with Crippen molar-refractivity contribution >= 4 is 40.8 Å². The zero-order chi connectivity index (χ0) is 50.0. The van der Waals surface area contributed by atoms with Crippen LogP contribution in [0.5, 0.6) is 0 Å². The molecule has 2 aliphatic rings. The van der Waals surface area contributed by atoms with Crippen LogP contribution in [0.4, 0.5) is 64.6 Å². The molecule has 0 saturated carbocycles. The fraction of sp³-hybridized carbons (Fsp3) is 0.196. The van der Waals surface area contributed by atoms with Gasteiger partial charge in [-0.15, -0.1) is 0 Å². The molecular formula is C51H44F6N12O2. The smallest absolute Gasteiger partial charge is 0.368 e. The number of nitrogens with zero attached hydrogens (tertiary/aromatic N) is 11. The third-order valence-electron chi connectivity index (χ3n) is 12.0. The first kappa shape index (κ1) is 47.5. The number of halogens is 6. The normalized spacial score (nSPS) is 14.1. The maximum atomic E-state index is 13.2. The predicted octanol–water partition coefficient (Wildman–Crippen LogP) is 11.2. The van der Waals surface area contributed by atoms with E-state index in [1.807, 2.05) is 91.6 Å². The molecule has 0 atom stereocenters. The molecule has 362 valence electrons. The predicted molar refractivity (Wildman–Crippen MR) is 258 cm³/mol. The molecule has 8 aromatic rings. The number of urea groups is 2. The number of hydrogen-bond donors (Lipinski definition) is 1. The highest BCUT2D eigenvalue weighted by Gasteiger charge is 2.35. The monoisotopic (exact) mass is 970 g/mol. The van der Waals surface area contributed by atoms with Crippen molar-refractivity contribution in [3.8, 4) is 44.9 Å². The van der Waals surface area contributed by atoms with Crippen LogP contribution in [-0.4, -0.2) is 72.8 Å². The second-order valence-corrected chi connectivity index (χ2v) is 16.4. The number of hydrogen-bond acceptors (Lipinski definition) is 8. The van der Waals surface area contributed by atoms with E-state index in [1.54, 1.807) is 39.1 Å². The Kier molecular flexibility index (Phi) is 13.0. The molecule has 0 bridgehead atoms. The number of anilines is 5. The van der Waals surface area contributed by atoms with Crippen LogP contribution in [0, 0.1) is 0 Å².